The van der Waals surface area contributed by atoms with Gasteiger partial charge in [0.2, 0.25) is 10.0 Å². The lowest BCUT2D eigenvalue weighted by Gasteiger charge is -2.28. The van der Waals surface area contributed by atoms with Gasteiger partial charge in [-0.05, 0) is 37.1 Å². The number of hydrogen-bond donors (Lipinski definition) is 3. The molecule has 0 spiro atoms. The summed E-state index contributed by atoms with van der Waals surface area (Å²) in [5.74, 6) is 0. The molecule has 2 amide bonds. The molecule has 0 radical (unpaired) electrons. The predicted octanol–water partition coefficient (Wildman–Crippen LogP) is 1.36. The Morgan fingerprint density at radius 1 is 1.17 bits per heavy atom. The summed E-state index contributed by atoms with van der Waals surface area (Å²) in [6.07, 6.45) is 2.90. The molecule has 1 aromatic carbocycles. The number of nitrogens with one attached hydrogen (secondary N) is 2. The minimum atomic E-state index is -3.48. The van der Waals surface area contributed by atoms with E-state index >= 15 is 0 Å². The van der Waals surface area contributed by atoms with Crippen LogP contribution in [0, 0.1) is 0 Å². The monoisotopic (exact) mass is 341 g/mol. The summed E-state index contributed by atoms with van der Waals surface area (Å²) in [6, 6.07) is 5.32. The van der Waals surface area contributed by atoms with Gasteiger partial charge in [0.05, 0.1) is 17.0 Å². The van der Waals surface area contributed by atoms with Gasteiger partial charge >= 0.3 is 6.03 Å². The van der Waals surface area contributed by atoms with E-state index < -0.39 is 22.2 Å². The number of hydrogen-bond acceptors (Lipinski definition) is 4. The molecule has 23 heavy (non-hydrogen) atoms. The van der Waals surface area contributed by atoms with E-state index in [9.17, 15) is 18.3 Å². The summed E-state index contributed by atoms with van der Waals surface area (Å²) in [4.78, 5) is 12.1. The average molecular weight is 341 g/mol. The third kappa shape index (κ3) is 4.43. The molecule has 1 aliphatic carbocycles. The molecular formula is C15H23N3O4S. The van der Waals surface area contributed by atoms with Crippen LogP contribution in [-0.2, 0) is 10.0 Å². The number of benzene rings is 1. The van der Waals surface area contributed by atoms with Crippen molar-refractivity contribution in [2.45, 2.75) is 42.7 Å². The second-order valence-electron chi connectivity index (χ2n) is 5.87. The number of aliphatic hydroxyl groups is 1. The second-order valence-corrected chi connectivity index (χ2v) is 8.02. The van der Waals surface area contributed by atoms with Crippen molar-refractivity contribution in [1.82, 2.24) is 9.62 Å². The molecule has 1 saturated carbocycles. The Morgan fingerprint density at radius 3 is 2.35 bits per heavy atom. The van der Waals surface area contributed by atoms with Gasteiger partial charge in [0.15, 0.2) is 0 Å². The first-order valence-electron chi connectivity index (χ1n) is 7.59. The van der Waals surface area contributed by atoms with Crippen molar-refractivity contribution in [3.63, 3.8) is 0 Å². The van der Waals surface area contributed by atoms with Crippen molar-refractivity contribution in [1.29, 1.82) is 0 Å². The summed E-state index contributed by atoms with van der Waals surface area (Å²) in [6.45, 7) is 0. The van der Waals surface area contributed by atoms with Crippen molar-refractivity contribution >= 4 is 21.7 Å². The third-order valence-electron chi connectivity index (χ3n) is 3.94. The zero-order valence-corrected chi connectivity index (χ0v) is 14.1. The van der Waals surface area contributed by atoms with Crippen LogP contribution in [0.2, 0.25) is 0 Å². The molecule has 1 aromatic rings. The lowest BCUT2D eigenvalue weighted by atomic mass is 9.93. The molecule has 8 heteroatoms. The highest BCUT2D eigenvalue weighted by atomic mass is 32.2. The number of carbonyl (C=O) groups is 1. The molecule has 7 nitrogen and oxygen atoms in total. The fourth-order valence-electron chi connectivity index (χ4n) is 2.54. The van der Waals surface area contributed by atoms with Crippen LogP contribution >= 0.6 is 0 Å². The van der Waals surface area contributed by atoms with Crippen LogP contribution in [0.1, 0.15) is 25.7 Å². The fraction of sp³-hybridized carbons (Fsp3) is 0.533. The number of amides is 2. The molecule has 0 saturated heterocycles. The molecule has 128 valence electrons. The Balaban J connectivity index is 1.97. The van der Waals surface area contributed by atoms with Crippen LogP contribution < -0.4 is 10.6 Å². The number of rotatable bonds is 4. The first-order chi connectivity index (χ1) is 10.8. The number of urea groups is 1. The molecule has 0 aliphatic heterocycles. The summed E-state index contributed by atoms with van der Waals surface area (Å²) in [7, 11) is -0.555. The maximum Gasteiger partial charge on any atom is 0.319 e. The number of aliphatic hydroxyl groups excluding tert-OH is 1. The molecular weight excluding hydrogens is 318 g/mol. The van der Waals surface area contributed by atoms with Crippen LogP contribution in [0.4, 0.5) is 10.5 Å². The smallest absolute Gasteiger partial charge is 0.319 e. The van der Waals surface area contributed by atoms with Crippen LogP contribution in [0.15, 0.2) is 29.2 Å². The minimum absolute atomic E-state index is 0.163. The van der Waals surface area contributed by atoms with Gasteiger partial charge in [0.25, 0.3) is 0 Å². The molecule has 0 heterocycles. The second kappa shape index (κ2) is 7.29. The van der Waals surface area contributed by atoms with Gasteiger partial charge in [-0.25, -0.2) is 17.5 Å². The SMILES string of the molecule is CN(C)S(=O)(=O)c1ccc(NC(=O)N[C@@H]2CCCC[C@@H]2O)cc1. The van der Waals surface area contributed by atoms with E-state index in [1.54, 1.807) is 0 Å². The Morgan fingerprint density at radius 2 is 1.78 bits per heavy atom. The summed E-state index contributed by atoms with van der Waals surface area (Å²) in [5, 5.41) is 15.2. The minimum Gasteiger partial charge on any atom is -0.391 e. The van der Waals surface area contributed by atoms with Crippen LogP contribution in [0.25, 0.3) is 0 Å². The quantitative estimate of drug-likeness (QED) is 0.770. The van der Waals surface area contributed by atoms with Gasteiger partial charge in [-0.1, -0.05) is 12.8 Å². The molecule has 2 rings (SSSR count). The molecule has 0 unspecified atom stereocenters. The molecule has 2 atom stereocenters. The highest BCUT2D eigenvalue weighted by molar-refractivity contribution is 7.89. The molecule has 1 fully saturated rings. The normalized spacial score (nSPS) is 21.9. The Kier molecular flexibility index (Phi) is 5.61. The van der Waals surface area contributed by atoms with Gasteiger partial charge in [0, 0.05) is 19.8 Å². The fourth-order valence-corrected chi connectivity index (χ4v) is 3.44. The molecule has 1 aliphatic rings. The van der Waals surface area contributed by atoms with Crippen LogP contribution in [0.5, 0.6) is 0 Å². The Bertz CT molecular complexity index is 643. The van der Waals surface area contributed by atoms with Gasteiger partial charge in [0.1, 0.15) is 0 Å². The van der Waals surface area contributed by atoms with Crippen molar-refractivity contribution in [2.24, 2.45) is 0 Å². The van der Waals surface area contributed by atoms with E-state index in [4.69, 9.17) is 0 Å². The van der Waals surface area contributed by atoms with E-state index in [0.717, 1.165) is 23.6 Å². The number of sulfonamides is 1. The van der Waals surface area contributed by atoms with E-state index in [0.29, 0.717) is 12.1 Å². The van der Waals surface area contributed by atoms with E-state index in [2.05, 4.69) is 10.6 Å². The number of carbonyl (C=O) groups excluding carboxylic acids is 1. The first kappa shape index (κ1) is 17.7. The highest BCUT2D eigenvalue weighted by Gasteiger charge is 2.24. The van der Waals surface area contributed by atoms with E-state index in [1.807, 2.05) is 0 Å². The van der Waals surface area contributed by atoms with Gasteiger partial charge < -0.3 is 15.7 Å². The summed E-state index contributed by atoms with van der Waals surface area (Å²) >= 11 is 0. The van der Waals surface area contributed by atoms with Crippen molar-refractivity contribution in [3.8, 4) is 0 Å². The summed E-state index contributed by atoms with van der Waals surface area (Å²) in [5.41, 5.74) is 0.491. The molecule has 3 N–H and O–H groups in total. The van der Waals surface area contributed by atoms with Gasteiger partial charge in [-0.2, -0.15) is 0 Å². The van der Waals surface area contributed by atoms with Gasteiger partial charge in [-0.3, -0.25) is 0 Å². The molecule has 0 bridgehead atoms. The van der Waals surface area contributed by atoms with Crippen LogP contribution in [-0.4, -0.2) is 50.1 Å². The van der Waals surface area contributed by atoms with Crippen molar-refractivity contribution < 1.29 is 18.3 Å². The highest BCUT2D eigenvalue weighted by Crippen LogP contribution is 2.19. The maximum atomic E-state index is 12.0. The van der Waals surface area contributed by atoms with E-state index in [1.165, 1.54) is 38.4 Å². The number of nitrogens with zero attached hydrogens (tertiary/aromatic N) is 1. The predicted molar refractivity (Wildman–Crippen MR) is 87.7 cm³/mol. The largest absolute Gasteiger partial charge is 0.391 e. The standard InChI is InChI=1S/C15H23N3O4S/c1-18(2)23(21,22)12-9-7-11(8-10-12)16-15(20)17-13-5-3-4-6-14(13)19/h7-10,13-14,19H,3-6H2,1-2H3,(H2,16,17,20)/t13-,14+/m1/s1. The lowest BCUT2D eigenvalue weighted by Crippen LogP contribution is -2.46. The van der Waals surface area contributed by atoms with Crippen LogP contribution in [0.3, 0.4) is 0 Å². The Hall–Kier alpha value is -1.64. The lowest BCUT2D eigenvalue weighted by molar-refractivity contribution is 0.0955. The maximum absolute atomic E-state index is 12.0. The number of anilines is 1. The molecule has 0 aromatic heterocycles. The zero-order valence-electron chi connectivity index (χ0n) is 13.3. The summed E-state index contributed by atoms with van der Waals surface area (Å²) < 4.78 is 25.1. The van der Waals surface area contributed by atoms with E-state index in [-0.39, 0.29) is 10.9 Å². The first-order valence-corrected chi connectivity index (χ1v) is 9.03. The van der Waals surface area contributed by atoms with Crippen molar-refractivity contribution in [3.05, 3.63) is 24.3 Å². The topological polar surface area (TPSA) is 98.7 Å². The van der Waals surface area contributed by atoms with Gasteiger partial charge in [-0.15, -0.1) is 0 Å². The zero-order chi connectivity index (χ0) is 17.0. The Labute approximate surface area is 136 Å². The average Bonchev–Trinajstić information content (AvgIpc) is 2.50. The van der Waals surface area contributed by atoms with Crippen molar-refractivity contribution in [2.75, 3.05) is 19.4 Å². The third-order valence-corrected chi connectivity index (χ3v) is 5.77.